The normalized spacial score (nSPS) is 15.3. The van der Waals surface area contributed by atoms with E-state index in [1.165, 1.54) is 11.3 Å². The van der Waals surface area contributed by atoms with E-state index >= 15 is 0 Å². The van der Waals surface area contributed by atoms with Crippen molar-refractivity contribution in [1.29, 1.82) is 0 Å². The molecule has 0 fully saturated rings. The van der Waals surface area contributed by atoms with E-state index in [0.717, 1.165) is 26.9 Å². The van der Waals surface area contributed by atoms with Crippen LogP contribution in [-0.2, 0) is 0 Å². The minimum atomic E-state index is -0.656. The summed E-state index contributed by atoms with van der Waals surface area (Å²) in [5, 5.41) is 0.990. The van der Waals surface area contributed by atoms with Gasteiger partial charge in [-0.3, -0.25) is 14.5 Å². The van der Waals surface area contributed by atoms with Crippen LogP contribution < -0.4 is 15.1 Å². The highest BCUT2D eigenvalue weighted by Gasteiger charge is 2.45. The van der Waals surface area contributed by atoms with Gasteiger partial charge in [0.05, 0.1) is 34.3 Å². The molecule has 0 aliphatic carbocycles. The Balaban J connectivity index is 1.62. The summed E-state index contributed by atoms with van der Waals surface area (Å²) in [5.41, 5.74) is 4.19. The lowest BCUT2D eigenvalue weighted by molar-refractivity contribution is 0.0971. The van der Waals surface area contributed by atoms with Crippen LogP contribution in [0, 0.1) is 13.8 Å². The first-order valence-electron chi connectivity index (χ1n) is 10.9. The summed E-state index contributed by atoms with van der Waals surface area (Å²) in [6.45, 7) is 3.94. The molecule has 34 heavy (non-hydrogen) atoms. The zero-order chi connectivity index (χ0) is 23.6. The van der Waals surface area contributed by atoms with E-state index in [2.05, 4.69) is 0 Å². The van der Waals surface area contributed by atoms with Crippen LogP contribution in [0.4, 0.5) is 5.13 Å². The number of thiazole rings is 1. The van der Waals surface area contributed by atoms with Crippen LogP contribution >= 0.6 is 11.3 Å². The predicted octanol–water partition coefficient (Wildman–Crippen LogP) is 5.78. The molecule has 1 atom stereocenters. The molecule has 5 aromatic rings. The number of rotatable bonds is 3. The molecule has 1 unspecified atom stereocenters. The van der Waals surface area contributed by atoms with Gasteiger partial charge in [0.25, 0.3) is 5.91 Å². The average Bonchev–Trinajstić information content (AvgIpc) is 3.38. The first kappa shape index (κ1) is 20.6. The predicted molar refractivity (Wildman–Crippen MR) is 133 cm³/mol. The fourth-order valence-electron chi connectivity index (χ4n) is 4.51. The molecule has 0 N–H and O–H groups in total. The van der Waals surface area contributed by atoms with Crippen molar-refractivity contribution in [3.8, 4) is 5.75 Å². The number of aryl methyl sites for hydroxylation is 2. The fourth-order valence-corrected chi connectivity index (χ4v) is 5.60. The van der Waals surface area contributed by atoms with Gasteiger partial charge in [-0.1, -0.05) is 41.2 Å². The zero-order valence-corrected chi connectivity index (χ0v) is 19.6. The molecule has 1 aliphatic heterocycles. The molecule has 0 spiro atoms. The minimum Gasteiger partial charge on any atom is -0.497 e. The number of anilines is 1. The van der Waals surface area contributed by atoms with Crippen LogP contribution in [0.25, 0.3) is 21.2 Å². The maximum absolute atomic E-state index is 13.7. The van der Waals surface area contributed by atoms with Crippen molar-refractivity contribution in [2.45, 2.75) is 19.9 Å². The van der Waals surface area contributed by atoms with Crippen molar-refractivity contribution < 1.29 is 13.9 Å². The lowest BCUT2D eigenvalue weighted by Crippen LogP contribution is -2.29. The number of ether oxygens (including phenoxy) is 1. The number of hydrogen-bond donors (Lipinski definition) is 0. The van der Waals surface area contributed by atoms with Crippen molar-refractivity contribution in [3.05, 3.63) is 98.9 Å². The van der Waals surface area contributed by atoms with Crippen LogP contribution in [0.1, 0.15) is 38.9 Å². The van der Waals surface area contributed by atoms with Gasteiger partial charge in [0.15, 0.2) is 10.6 Å². The lowest BCUT2D eigenvalue weighted by Gasteiger charge is -2.22. The van der Waals surface area contributed by atoms with E-state index < -0.39 is 6.04 Å². The number of methoxy groups -OCH3 is 1. The van der Waals surface area contributed by atoms with Crippen LogP contribution in [0.15, 0.2) is 69.9 Å². The quantitative estimate of drug-likeness (QED) is 0.336. The summed E-state index contributed by atoms with van der Waals surface area (Å²) in [5.74, 6) is 0.389. The summed E-state index contributed by atoms with van der Waals surface area (Å²) < 4.78 is 12.3. The number of fused-ring (bicyclic) bond motifs is 3. The molecular weight excluding hydrogens is 448 g/mol. The van der Waals surface area contributed by atoms with Crippen LogP contribution in [0.2, 0.25) is 0 Å². The standard InChI is InChI=1S/C27H20N2O4S/c1-14-5-11-20-18(12-14)24(30)22-23(16-6-8-17(32-3)9-7-16)29(26(31)25(22)33-20)27-28-19-10-4-15(2)13-21(19)34-27/h4-13,23H,1-3H3. The average molecular weight is 469 g/mol. The third-order valence-electron chi connectivity index (χ3n) is 6.20. The van der Waals surface area contributed by atoms with E-state index in [1.807, 2.05) is 62.4 Å². The Labute approximate surface area is 199 Å². The smallest absolute Gasteiger partial charge is 0.297 e. The first-order chi connectivity index (χ1) is 16.4. The van der Waals surface area contributed by atoms with Crippen LogP contribution in [0.5, 0.6) is 5.75 Å². The third kappa shape index (κ3) is 3.04. The summed E-state index contributed by atoms with van der Waals surface area (Å²) in [6, 6.07) is 18.1. The van der Waals surface area contributed by atoms with E-state index in [0.29, 0.717) is 27.4 Å². The van der Waals surface area contributed by atoms with Gasteiger partial charge < -0.3 is 9.15 Å². The molecular formula is C27H20N2O4S. The van der Waals surface area contributed by atoms with Gasteiger partial charge >= 0.3 is 0 Å². The summed E-state index contributed by atoms with van der Waals surface area (Å²) >= 11 is 1.43. The van der Waals surface area contributed by atoms with Crippen molar-refractivity contribution in [1.82, 2.24) is 4.98 Å². The molecule has 6 rings (SSSR count). The molecule has 3 aromatic carbocycles. The summed E-state index contributed by atoms with van der Waals surface area (Å²) in [7, 11) is 1.60. The second-order valence-electron chi connectivity index (χ2n) is 8.49. The van der Waals surface area contributed by atoms with Crippen LogP contribution in [0.3, 0.4) is 0 Å². The van der Waals surface area contributed by atoms with Crippen molar-refractivity contribution in [2.75, 3.05) is 12.0 Å². The Hall–Kier alpha value is -3.97. The molecule has 3 heterocycles. The molecule has 0 saturated carbocycles. The number of amides is 1. The maximum atomic E-state index is 13.7. The SMILES string of the molecule is COc1ccc(C2c3c(oc4ccc(C)cc4c3=O)C(=O)N2c2nc3ccc(C)cc3s2)cc1. The monoisotopic (exact) mass is 468 g/mol. The largest absolute Gasteiger partial charge is 0.497 e. The number of carbonyl (C=O) groups is 1. The van der Waals surface area contributed by atoms with E-state index in [4.69, 9.17) is 14.1 Å². The van der Waals surface area contributed by atoms with E-state index in [-0.39, 0.29) is 17.1 Å². The molecule has 168 valence electrons. The first-order valence-corrected chi connectivity index (χ1v) is 11.7. The van der Waals surface area contributed by atoms with Crippen molar-refractivity contribution in [3.63, 3.8) is 0 Å². The third-order valence-corrected chi connectivity index (χ3v) is 7.21. The molecule has 2 aromatic heterocycles. The Morgan fingerprint density at radius 1 is 0.971 bits per heavy atom. The number of carbonyl (C=O) groups excluding carboxylic acids is 1. The highest BCUT2D eigenvalue weighted by atomic mass is 32.1. The van der Waals surface area contributed by atoms with Crippen molar-refractivity contribution >= 4 is 43.6 Å². The topological polar surface area (TPSA) is 72.6 Å². The van der Waals surface area contributed by atoms with Gasteiger partial charge in [-0.25, -0.2) is 4.98 Å². The molecule has 0 radical (unpaired) electrons. The zero-order valence-electron chi connectivity index (χ0n) is 18.8. The Morgan fingerprint density at radius 3 is 2.47 bits per heavy atom. The second kappa shape index (κ2) is 7.53. The fraction of sp³-hybridized carbons (Fsp3) is 0.148. The number of aromatic nitrogens is 1. The molecule has 1 aliphatic rings. The van der Waals surface area contributed by atoms with Crippen molar-refractivity contribution in [2.24, 2.45) is 0 Å². The molecule has 0 bridgehead atoms. The highest BCUT2D eigenvalue weighted by Crippen LogP contribution is 2.44. The molecule has 0 saturated heterocycles. The highest BCUT2D eigenvalue weighted by molar-refractivity contribution is 7.22. The van der Waals surface area contributed by atoms with Gasteiger partial charge in [-0.2, -0.15) is 0 Å². The Kier molecular flexibility index (Phi) is 4.57. The molecule has 7 heteroatoms. The maximum Gasteiger partial charge on any atom is 0.297 e. The molecule has 6 nitrogen and oxygen atoms in total. The summed E-state index contributed by atoms with van der Waals surface area (Å²) in [4.78, 5) is 33.8. The van der Waals surface area contributed by atoms with E-state index in [9.17, 15) is 9.59 Å². The number of nitrogens with zero attached hydrogens (tertiary/aromatic N) is 2. The van der Waals surface area contributed by atoms with Gasteiger partial charge in [0.2, 0.25) is 5.76 Å². The Bertz CT molecular complexity index is 1670. The summed E-state index contributed by atoms with van der Waals surface area (Å²) in [6.07, 6.45) is 0. The second-order valence-corrected chi connectivity index (χ2v) is 9.50. The van der Waals surface area contributed by atoms with Gasteiger partial charge in [-0.15, -0.1) is 0 Å². The van der Waals surface area contributed by atoms with E-state index in [1.54, 1.807) is 24.1 Å². The lowest BCUT2D eigenvalue weighted by atomic mass is 9.98. The minimum absolute atomic E-state index is 0.0672. The van der Waals surface area contributed by atoms with Gasteiger partial charge in [0, 0.05) is 0 Å². The number of hydrogen-bond acceptors (Lipinski definition) is 6. The van der Waals surface area contributed by atoms with Gasteiger partial charge in [0.1, 0.15) is 11.3 Å². The molecule has 1 amide bonds. The van der Waals surface area contributed by atoms with Gasteiger partial charge in [-0.05, 0) is 61.4 Å². The number of benzene rings is 3. The Morgan fingerprint density at radius 2 is 1.71 bits per heavy atom. The van der Waals surface area contributed by atoms with Crippen LogP contribution in [-0.4, -0.2) is 18.0 Å².